The van der Waals surface area contributed by atoms with Gasteiger partial charge in [-0.25, -0.2) is 4.39 Å². The molecular formula is C20H29ClF2Si. The van der Waals surface area contributed by atoms with E-state index in [1.807, 2.05) is 6.07 Å². The van der Waals surface area contributed by atoms with E-state index in [0.717, 1.165) is 23.8 Å². The van der Waals surface area contributed by atoms with Crippen molar-refractivity contribution < 1.29 is 8.78 Å². The van der Waals surface area contributed by atoms with Gasteiger partial charge in [0.15, 0.2) is 0 Å². The third-order valence-electron chi connectivity index (χ3n) is 6.49. The van der Waals surface area contributed by atoms with Gasteiger partial charge < -0.3 is 0 Å². The summed E-state index contributed by atoms with van der Waals surface area (Å²) in [7, 11) is -0.603. The van der Waals surface area contributed by atoms with Gasteiger partial charge in [-0.2, -0.15) is 0 Å². The number of hydrogen-bond donors (Lipinski definition) is 0. The zero-order chi connectivity index (χ0) is 16.9. The van der Waals surface area contributed by atoms with Gasteiger partial charge >= 0.3 is 0 Å². The molecule has 3 rings (SSSR count). The summed E-state index contributed by atoms with van der Waals surface area (Å²) in [5.41, 5.74) is 1.12. The highest BCUT2D eigenvalue weighted by molar-refractivity contribution is 6.58. The minimum absolute atomic E-state index is 0.123. The average molecular weight is 371 g/mol. The highest BCUT2D eigenvalue weighted by Gasteiger charge is 2.31. The summed E-state index contributed by atoms with van der Waals surface area (Å²) in [6.07, 6.45) is 8.55. The summed E-state index contributed by atoms with van der Waals surface area (Å²) in [6, 6.07) is 9.42. The van der Waals surface area contributed by atoms with Gasteiger partial charge in [0.05, 0.1) is 11.7 Å². The number of hydrogen-bond acceptors (Lipinski definition) is 0. The summed E-state index contributed by atoms with van der Waals surface area (Å²) in [6.45, 7) is -0.123. The molecule has 1 saturated heterocycles. The largest absolute Gasteiger partial charge is 0.251 e. The molecule has 134 valence electrons. The summed E-state index contributed by atoms with van der Waals surface area (Å²) >= 11 is 5.80. The van der Waals surface area contributed by atoms with Crippen molar-refractivity contribution in [3.63, 3.8) is 0 Å². The molecule has 0 atom stereocenters. The fraction of sp³-hybridized carbons (Fsp3) is 0.700. The first-order valence-corrected chi connectivity index (χ1v) is 12.5. The minimum Gasteiger partial charge on any atom is -0.251 e. The smallest absolute Gasteiger partial charge is 0.142 e. The molecule has 0 aromatic heterocycles. The maximum absolute atomic E-state index is 13.7. The van der Waals surface area contributed by atoms with Crippen molar-refractivity contribution in [3.05, 3.63) is 34.6 Å². The topological polar surface area (TPSA) is 0 Å². The Balaban J connectivity index is 1.46. The lowest BCUT2D eigenvalue weighted by Crippen LogP contribution is -2.28. The fourth-order valence-corrected chi connectivity index (χ4v) is 8.52. The van der Waals surface area contributed by atoms with Crippen molar-refractivity contribution >= 4 is 20.4 Å². The van der Waals surface area contributed by atoms with Gasteiger partial charge in [-0.1, -0.05) is 48.6 Å². The van der Waals surface area contributed by atoms with Gasteiger partial charge in [0.25, 0.3) is 0 Å². The molecule has 0 nitrogen and oxygen atoms in total. The van der Waals surface area contributed by atoms with E-state index < -0.39 is 8.80 Å². The molecule has 1 heterocycles. The van der Waals surface area contributed by atoms with Crippen LogP contribution in [0.25, 0.3) is 0 Å². The van der Waals surface area contributed by atoms with Crippen molar-refractivity contribution in [2.45, 2.75) is 69.0 Å². The second-order valence-corrected chi connectivity index (χ2v) is 11.8. The normalized spacial score (nSPS) is 31.1. The molecule has 1 aromatic carbocycles. The highest BCUT2D eigenvalue weighted by atomic mass is 35.5. The Labute approximate surface area is 151 Å². The van der Waals surface area contributed by atoms with Crippen LogP contribution in [-0.4, -0.2) is 15.5 Å². The van der Waals surface area contributed by atoms with Crippen molar-refractivity contribution in [3.8, 4) is 0 Å². The second kappa shape index (κ2) is 8.80. The molecule has 0 N–H and O–H groups in total. The second-order valence-electron chi connectivity index (χ2n) is 7.90. The first kappa shape index (κ1) is 18.4. The molecule has 2 fully saturated rings. The van der Waals surface area contributed by atoms with Crippen LogP contribution in [0.5, 0.6) is 0 Å². The molecule has 0 bridgehead atoms. The van der Waals surface area contributed by atoms with Crippen LogP contribution < -0.4 is 0 Å². The Morgan fingerprint density at radius 1 is 1.00 bits per heavy atom. The maximum atomic E-state index is 13.7. The molecule has 4 heteroatoms. The molecular weight excluding hydrogens is 342 g/mol. The Kier molecular flexibility index (Phi) is 6.74. The van der Waals surface area contributed by atoms with Crippen molar-refractivity contribution in [1.82, 2.24) is 0 Å². The van der Waals surface area contributed by atoms with E-state index in [1.165, 1.54) is 56.7 Å². The molecule has 1 aliphatic heterocycles. The number of rotatable bonds is 5. The van der Waals surface area contributed by atoms with E-state index in [4.69, 9.17) is 11.6 Å². The first-order valence-electron chi connectivity index (χ1n) is 9.68. The van der Waals surface area contributed by atoms with E-state index in [2.05, 4.69) is 0 Å². The predicted octanol–water partition coefficient (Wildman–Crippen LogP) is 6.75. The SMILES string of the molecule is FCCC[Si@H]1CC[C@H]([C@H]2CC[C@H](c3ccc(Cl)c(F)c3)CC2)CC1. The van der Waals surface area contributed by atoms with Crippen LogP contribution in [0.1, 0.15) is 56.4 Å². The summed E-state index contributed by atoms with van der Waals surface area (Å²) in [4.78, 5) is 0. The zero-order valence-corrected chi connectivity index (χ0v) is 16.4. The maximum Gasteiger partial charge on any atom is 0.142 e. The third kappa shape index (κ3) is 4.60. The first-order chi connectivity index (χ1) is 11.7. The molecule has 2 aliphatic rings. The van der Waals surface area contributed by atoms with Gasteiger partial charge in [0.1, 0.15) is 5.82 Å². The molecule has 1 saturated carbocycles. The standard InChI is InChI=1S/C20H29ClF2Si/c21-19-7-6-18(14-20(19)23)16-4-2-15(3-5-16)17-8-12-24(13-9-17)11-1-10-22/h6-7,14-17,24H,1-5,8-13H2/t15-,16-,17-,24-. The molecule has 0 amide bonds. The molecule has 1 aromatic rings. The van der Waals surface area contributed by atoms with E-state index in [0.29, 0.717) is 5.92 Å². The Morgan fingerprint density at radius 2 is 1.67 bits per heavy atom. The van der Waals surface area contributed by atoms with Gasteiger partial charge in [-0.05, 0) is 67.6 Å². The highest BCUT2D eigenvalue weighted by Crippen LogP contribution is 2.43. The van der Waals surface area contributed by atoms with Crippen molar-refractivity contribution in [2.75, 3.05) is 6.67 Å². The van der Waals surface area contributed by atoms with Crippen molar-refractivity contribution in [2.24, 2.45) is 11.8 Å². The molecule has 0 radical (unpaired) electrons. The molecule has 0 spiro atoms. The Hall–Kier alpha value is -0.413. The van der Waals surface area contributed by atoms with Gasteiger partial charge in [-0.15, -0.1) is 0 Å². The molecule has 0 unspecified atom stereocenters. The quantitative estimate of drug-likeness (QED) is 0.503. The van der Waals surface area contributed by atoms with Crippen LogP contribution in [0.15, 0.2) is 18.2 Å². The molecule has 1 aliphatic carbocycles. The lowest BCUT2D eigenvalue weighted by molar-refractivity contribution is 0.216. The lowest BCUT2D eigenvalue weighted by Gasteiger charge is -2.37. The van der Waals surface area contributed by atoms with Gasteiger partial charge in [-0.3, -0.25) is 4.39 Å². The lowest BCUT2D eigenvalue weighted by atomic mass is 9.72. The minimum atomic E-state index is -0.603. The number of benzene rings is 1. The van der Waals surface area contributed by atoms with Crippen LogP contribution in [0.4, 0.5) is 8.78 Å². The fourth-order valence-electron chi connectivity index (χ4n) is 5.00. The van der Waals surface area contributed by atoms with E-state index in [-0.39, 0.29) is 17.5 Å². The number of alkyl halides is 1. The van der Waals surface area contributed by atoms with E-state index in [1.54, 1.807) is 12.1 Å². The predicted molar refractivity (Wildman–Crippen MR) is 101 cm³/mol. The average Bonchev–Trinajstić information content (AvgIpc) is 2.63. The third-order valence-corrected chi connectivity index (χ3v) is 10.3. The molecule has 24 heavy (non-hydrogen) atoms. The van der Waals surface area contributed by atoms with E-state index in [9.17, 15) is 8.78 Å². The monoisotopic (exact) mass is 370 g/mol. The Morgan fingerprint density at radius 3 is 2.29 bits per heavy atom. The van der Waals surface area contributed by atoms with E-state index >= 15 is 0 Å². The summed E-state index contributed by atoms with van der Waals surface area (Å²) < 4.78 is 26.0. The van der Waals surface area contributed by atoms with Gasteiger partial charge in [0.2, 0.25) is 0 Å². The summed E-state index contributed by atoms with van der Waals surface area (Å²) in [5, 5.41) is 0.223. The van der Waals surface area contributed by atoms with Crippen LogP contribution in [0, 0.1) is 17.7 Å². The zero-order valence-electron chi connectivity index (χ0n) is 14.5. The van der Waals surface area contributed by atoms with Crippen LogP contribution in [0.2, 0.25) is 23.2 Å². The van der Waals surface area contributed by atoms with Crippen molar-refractivity contribution in [1.29, 1.82) is 0 Å². The summed E-state index contributed by atoms with van der Waals surface area (Å²) in [5.74, 6) is 1.99. The van der Waals surface area contributed by atoms with Crippen LogP contribution in [0.3, 0.4) is 0 Å². The van der Waals surface area contributed by atoms with Crippen LogP contribution in [-0.2, 0) is 0 Å². The van der Waals surface area contributed by atoms with Crippen LogP contribution >= 0.6 is 11.6 Å². The van der Waals surface area contributed by atoms with Gasteiger partial charge in [0, 0.05) is 8.80 Å². The number of halogens is 3. The Bertz CT molecular complexity index is 520.